The zero-order valence-corrected chi connectivity index (χ0v) is 12.9. The van der Waals surface area contributed by atoms with Crippen molar-refractivity contribution >= 4 is 29.9 Å². The van der Waals surface area contributed by atoms with Gasteiger partial charge in [0.15, 0.2) is 0 Å². The number of rotatable bonds is 9. The minimum Gasteiger partial charge on any atom is -0.345 e. The van der Waals surface area contributed by atoms with Crippen molar-refractivity contribution in [3.8, 4) is 0 Å². The van der Waals surface area contributed by atoms with Crippen molar-refractivity contribution < 1.29 is 14.4 Å². The molecule has 0 saturated carbocycles. The lowest BCUT2D eigenvalue weighted by atomic mass is 10.0. The maximum absolute atomic E-state index is 12.1. The van der Waals surface area contributed by atoms with Crippen LogP contribution < -0.4 is 10.6 Å². The number of nitrogens with one attached hydrogen (secondary N) is 2. The lowest BCUT2D eigenvalue weighted by Gasteiger charge is -2.21. The Hall–Kier alpha value is -1.04. The number of carbonyl (C=O) groups is 3. The molecule has 2 amide bonds. The van der Waals surface area contributed by atoms with Gasteiger partial charge in [-0.2, -0.15) is 11.8 Å². The fourth-order valence-corrected chi connectivity index (χ4v) is 2.14. The van der Waals surface area contributed by atoms with Gasteiger partial charge in [-0.1, -0.05) is 13.8 Å². The van der Waals surface area contributed by atoms with Crippen LogP contribution in [0.1, 0.15) is 33.6 Å². The summed E-state index contributed by atoms with van der Waals surface area (Å²) in [5.41, 5.74) is 0. The third kappa shape index (κ3) is 8.64. The van der Waals surface area contributed by atoms with E-state index in [2.05, 4.69) is 10.6 Å². The second-order valence-corrected chi connectivity index (χ2v) is 5.90. The lowest BCUT2D eigenvalue weighted by Crippen LogP contribution is -2.50. The Morgan fingerprint density at radius 1 is 1.26 bits per heavy atom. The van der Waals surface area contributed by atoms with Crippen LogP contribution in [0.25, 0.3) is 0 Å². The van der Waals surface area contributed by atoms with Gasteiger partial charge >= 0.3 is 0 Å². The van der Waals surface area contributed by atoms with E-state index in [1.54, 1.807) is 11.8 Å². The van der Waals surface area contributed by atoms with Gasteiger partial charge in [-0.15, -0.1) is 0 Å². The Morgan fingerprint density at radius 3 is 2.32 bits per heavy atom. The fraction of sp³-hybridized carbons (Fsp3) is 0.769. The fourth-order valence-electron chi connectivity index (χ4n) is 1.65. The molecule has 0 aromatic carbocycles. The summed E-state index contributed by atoms with van der Waals surface area (Å²) < 4.78 is 0. The Labute approximate surface area is 119 Å². The van der Waals surface area contributed by atoms with Gasteiger partial charge in [-0.3, -0.25) is 9.59 Å². The van der Waals surface area contributed by atoms with Crippen molar-refractivity contribution in [2.75, 3.05) is 12.0 Å². The second kappa shape index (κ2) is 9.83. The Morgan fingerprint density at radius 2 is 1.89 bits per heavy atom. The van der Waals surface area contributed by atoms with Crippen LogP contribution in [0, 0.1) is 5.92 Å². The van der Waals surface area contributed by atoms with E-state index in [1.807, 2.05) is 20.1 Å². The van der Waals surface area contributed by atoms with Crippen LogP contribution in [0.4, 0.5) is 0 Å². The normalized spacial score (nSPS) is 13.7. The summed E-state index contributed by atoms with van der Waals surface area (Å²) in [5, 5.41) is 5.30. The number of carbonyl (C=O) groups excluding carboxylic acids is 3. The molecular weight excluding hydrogens is 264 g/mol. The summed E-state index contributed by atoms with van der Waals surface area (Å²) in [5.74, 6) is 0.553. The molecule has 0 spiro atoms. The molecule has 0 bridgehead atoms. The monoisotopic (exact) mass is 288 g/mol. The first-order valence-electron chi connectivity index (χ1n) is 6.42. The van der Waals surface area contributed by atoms with E-state index < -0.39 is 12.1 Å². The number of thioether (sulfide) groups is 1. The summed E-state index contributed by atoms with van der Waals surface area (Å²) in [7, 11) is 0. The minimum atomic E-state index is -0.575. The van der Waals surface area contributed by atoms with Crippen molar-refractivity contribution in [1.82, 2.24) is 10.6 Å². The number of hydrogen-bond acceptors (Lipinski definition) is 4. The molecule has 19 heavy (non-hydrogen) atoms. The molecule has 0 aromatic rings. The van der Waals surface area contributed by atoms with E-state index in [1.165, 1.54) is 6.92 Å². The van der Waals surface area contributed by atoms with E-state index >= 15 is 0 Å². The van der Waals surface area contributed by atoms with Crippen LogP contribution in [-0.4, -0.2) is 42.2 Å². The molecule has 110 valence electrons. The molecule has 0 aromatic heterocycles. The number of hydrogen-bond donors (Lipinski definition) is 2. The molecule has 2 atom stereocenters. The highest BCUT2D eigenvalue weighted by Crippen LogP contribution is 2.06. The van der Waals surface area contributed by atoms with Crippen LogP contribution in [0.3, 0.4) is 0 Å². The number of aldehydes is 1. The number of amides is 2. The zero-order valence-electron chi connectivity index (χ0n) is 12.1. The molecule has 0 unspecified atom stereocenters. The van der Waals surface area contributed by atoms with Crippen molar-refractivity contribution in [2.24, 2.45) is 5.92 Å². The minimum absolute atomic E-state index is 0.243. The molecule has 0 saturated heterocycles. The molecule has 0 radical (unpaired) electrons. The van der Waals surface area contributed by atoms with Crippen molar-refractivity contribution in [2.45, 2.75) is 45.7 Å². The highest BCUT2D eigenvalue weighted by atomic mass is 32.2. The molecule has 5 nitrogen and oxygen atoms in total. The highest BCUT2D eigenvalue weighted by Gasteiger charge is 2.22. The third-order valence-electron chi connectivity index (χ3n) is 2.53. The van der Waals surface area contributed by atoms with Gasteiger partial charge in [0.1, 0.15) is 12.3 Å². The first-order chi connectivity index (χ1) is 8.90. The zero-order chi connectivity index (χ0) is 14.8. The summed E-state index contributed by atoms with van der Waals surface area (Å²) >= 11 is 1.62. The summed E-state index contributed by atoms with van der Waals surface area (Å²) in [6.45, 7) is 5.34. The Kier molecular flexibility index (Phi) is 9.30. The van der Waals surface area contributed by atoms with E-state index in [0.29, 0.717) is 12.8 Å². The van der Waals surface area contributed by atoms with E-state index in [-0.39, 0.29) is 17.7 Å². The van der Waals surface area contributed by atoms with Crippen LogP contribution >= 0.6 is 11.8 Å². The molecule has 0 aliphatic carbocycles. The topological polar surface area (TPSA) is 75.3 Å². The average molecular weight is 288 g/mol. The second-order valence-electron chi connectivity index (χ2n) is 4.92. The molecule has 0 heterocycles. The average Bonchev–Trinajstić information content (AvgIpc) is 2.32. The molecule has 6 heteroatoms. The first kappa shape index (κ1) is 18.0. The lowest BCUT2D eigenvalue weighted by molar-refractivity contribution is -0.129. The van der Waals surface area contributed by atoms with E-state index in [9.17, 15) is 14.4 Å². The summed E-state index contributed by atoms with van der Waals surface area (Å²) in [6, 6.07) is -1.06. The highest BCUT2D eigenvalue weighted by molar-refractivity contribution is 7.98. The SMILES string of the molecule is CSCC[C@@H](C=O)NC(=O)[C@H](CC(C)C)NC(C)=O. The van der Waals surface area contributed by atoms with Gasteiger partial charge in [0.05, 0.1) is 6.04 Å². The van der Waals surface area contributed by atoms with Crippen LogP contribution in [0.15, 0.2) is 0 Å². The van der Waals surface area contributed by atoms with Crippen LogP contribution in [0.2, 0.25) is 0 Å². The molecule has 0 fully saturated rings. The van der Waals surface area contributed by atoms with Crippen molar-refractivity contribution in [3.63, 3.8) is 0 Å². The maximum Gasteiger partial charge on any atom is 0.243 e. The maximum atomic E-state index is 12.1. The van der Waals surface area contributed by atoms with E-state index in [4.69, 9.17) is 0 Å². The molecule has 0 rings (SSSR count). The predicted molar refractivity (Wildman–Crippen MR) is 78.1 cm³/mol. The largest absolute Gasteiger partial charge is 0.345 e. The molecule has 0 aliphatic heterocycles. The summed E-state index contributed by atoms with van der Waals surface area (Å²) in [6.07, 6.45) is 3.85. The summed E-state index contributed by atoms with van der Waals surface area (Å²) in [4.78, 5) is 34.1. The third-order valence-corrected chi connectivity index (χ3v) is 3.17. The van der Waals surface area contributed by atoms with Gasteiger partial charge in [-0.05, 0) is 30.8 Å². The van der Waals surface area contributed by atoms with Crippen molar-refractivity contribution in [3.05, 3.63) is 0 Å². The molecular formula is C13H24N2O3S. The van der Waals surface area contributed by atoms with Crippen LogP contribution in [0.5, 0.6) is 0 Å². The van der Waals surface area contributed by atoms with Gasteiger partial charge in [0.25, 0.3) is 0 Å². The van der Waals surface area contributed by atoms with Gasteiger partial charge in [0.2, 0.25) is 11.8 Å². The molecule has 0 aliphatic rings. The van der Waals surface area contributed by atoms with Gasteiger partial charge in [-0.25, -0.2) is 0 Å². The predicted octanol–water partition coefficient (Wildman–Crippen LogP) is 0.974. The standard InChI is InChI=1S/C13H24N2O3S/c1-9(2)7-12(14-10(3)17)13(18)15-11(8-16)5-6-19-4/h8-9,11-12H,5-7H2,1-4H3,(H,14,17)(H,15,18)/t11-,12-/m0/s1. The Balaban J connectivity index is 4.50. The van der Waals surface area contributed by atoms with Crippen LogP contribution in [-0.2, 0) is 14.4 Å². The van der Waals surface area contributed by atoms with Crippen molar-refractivity contribution in [1.29, 1.82) is 0 Å². The van der Waals surface area contributed by atoms with E-state index in [0.717, 1.165) is 12.0 Å². The quantitative estimate of drug-likeness (QED) is 0.620. The van der Waals surface area contributed by atoms with Gasteiger partial charge in [0, 0.05) is 6.92 Å². The van der Waals surface area contributed by atoms with Gasteiger partial charge < -0.3 is 15.4 Å². The molecule has 2 N–H and O–H groups in total. The first-order valence-corrected chi connectivity index (χ1v) is 7.81. The Bertz CT molecular complexity index is 308. The smallest absolute Gasteiger partial charge is 0.243 e.